The van der Waals surface area contributed by atoms with Crippen molar-refractivity contribution in [3.05, 3.63) is 68.3 Å². The monoisotopic (exact) mass is 679 g/mol. The number of halogens is 3. The number of aliphatic hydroxyl groups is 1. The zero-order valence-electron chi connectivity index (χ0n) is 26.2. The highest BCUT2D eigenvalue weighted by molar-refractivity contribution is 6.42. The van der Waals surface area contributed by atoms with Crippen molar-refractivity contribution in [2.24, 2.45) is 0 Å². The zero-order valence-corrected chi connectivity index (χ0v) is 28.4. The van der Waals surface area contributed by atoms with Crippen LogP contribution >= 0.6 is 34.8 Å². The van der Waals surface area contributed by atoms with E-state index in [1.54, 1.807) is 64.1 Å². The average molecular weight is 681 g/mol. The molecule has 0 spiro atoms. The Bertz CT molecular complexity index is 1560. The molecule has 1 aliphatic carbocycles. The van der Waals surface area contributed by atoms with Gasteiger partial charge in [-0.05, 0) is 70.4 Å². The van der Waals surface area contributed by atoms with Crippen LogP contribution in [0.4, 0.5) is 0 Å². The molecule has 2 atom stereocenters. The van der Waals surface area contributed by atoms with Gasteiger partial charge in [0, 0.05) is 35.5 Å². The molecule has 4 rings (SSSR count). The van der Waals surface area contributed by atoms with Gasteiger partial charge in [0.25, 0.3) is 0 Å². The number of benzene rings is 2. The molecule has 2 amide bonds. The number of hydrogen-bond donors (Lipinski definition) is 2. The second-order valence-corrected chi connectivity index (χ2v) is 13.5. The number of amides is 2. The summed E-state index contributed by atoms with van der Waals surface area (Å²) in [5, 5.41) is 16.0. The van der Waals surface area contributed by atoms with Gasteiger partial charge in [0.15, 0.2) is 0 Å². The highest BCUT2D eigenvalue weighted by Crippen LogP contribution is 2.40. The van der Waals surface area contributed by atoms with Gasteiger partial charge < -0.3 is 24.8 Å². The quantitative estimate of drug-likeness (QED) is 0.169. The third-order valence-corrected chi connectivity index (χ3v) is 8.65. The highest BCUT2D eigenvalue weighted by atomic mass is 35.5. The molecule has 0 radical (unpaired) electrons. The van der Waals surface area contributed by atoms with Gasteiger partial charge in [-0.1, -0.05) is 66.2 Å². The van der Waals surface area contributed by atoms with E-state index in [0.717, 1.165) is 32.1 Å². The fourth-order valence-corrected chi connectivity index (χ4v) is 6.25. The maximum atomic E-state index is 14.5. The molecule has 0 bridgehead atoms. The first-order chi connectivity index (χ1) is 21.2. The van der Waals surface area contributed by atoms with Crippen molar-refractivity contribution in [3.8, 4) is 0 Å². The second-order valence-electron chi connectivity index (χ2n) is 12.2. The highest BCUT2D eigenvalue weighted by Gasteiger charge is 2.40. The Morgan fingerprint density at radius 2 is 1.73 bits per heavy atom. The maximum absolute atomic E-state index is 14.5. The first kappa shape index (κ1) is 35.0. The molecule has 2 N–H and O–H groups in total. The van der Waals surface area contributed by atoms with E-state index in [4.69, 9.17) is 44.3 Å². The van der Waals surface area contributed by atoms with Crippen LogP contribution in [0.5, 0.6) is 0 Å². The number of hydrogen-bond acceptors (Lipinski definition) is 6. The summed E-state index contributed by atoms with van der Waals surface area (Å²) in [4.78, 5) is 43.2. The lowest BCUT2D eigenvalue weighted by atomic mass is 9.94. The van der Waals surface area contributed by atoms with Crippen molar-refractivity contribution in [1.29, 1.82) is 0 Å². The van der Waals surface area contributed by atoms with Crippen LogP contribution in [0.1, 0.15) is 101 Å². The lowest BCUT2D eigenvalue weighted by Gasteiger charge is -2.33. The van der Waals surface area contributed by atoms with Gasteiger partial charge in [0.1, 0.15) is 11.7 Å². The van der Waals surface area contributed by atoms with Crippen LogP contribution in [0.3, 0.4) is 0 Å². The van der Waals surface area contributed by atoms with E-state index in [0.29, 0.717) is 31.5 Å². The van der Waals surface area contributed by atoms with Crippen molar-refractivity contribution in [2.45, 2.75) is 97.4 Å². The van der Waals surface area contributed by atoms with Crippen LogP contribution < -0.4 is 5.32 Å². The van der Waals surface area contributed by atoms with Gasteiger partial charge in [-0.3, -0.25) is 14.2 Å². The normalized spacial score (nSPS) is 15.5. The van der Waals surface area contributed by atoms with Gasteiger partial charge in [0.2, 0.25) is 18.2 Å². The minimum absolute atomic E-state index is 0.0232. The van der Waals surface area contributed by atoms with Crippen LogP contribution in [0, 0.1) is 0 Å². The van der Waals surface area contributed by atoms with Crippen molar-refractivity contribution < 1.29 is 29.0 Å². The smallest absolute Gasteiger partial charge is 0.355 e. The number of aromatic nitrogens is 1. The summed E-state index contributed by atoms with van der Waals surface area (Å²) < 4.78 is 12.7. The number of nitrogens with one attached hydrogen (secondary N) is 1. The van der Waals surface area contributed by atoms with E-state index in [9.17, 15) is 19.5 Å². The third kappa shape index (κ3) is 8.32. The number of rotatable bonds is 10. The van der Waals surface area contributed by atoms with Gasteiger partial charge in [-0.25, -0.2) is 4.79 Å². The molecule has 9 nitrogen and oxygen atoms in total. The van der Waals surface area contributed by atoms with E-state index in [2.05, 4.69) is 5.32 Å². The Balaban J connectivity index is 2.02. The lowest BCUT2D eigenvalue weighted by molar-refractivity contribution is -0.208. The maximum Gasteiger partial charge on any atom is 0.355 e. The van der Waals surface area contributed by atoms with Crippen molar-refractivity contribution in [3.63, 3.8) is 0 Å². The number of esters is 1. The summed E-state index contributed by atoms with van der Waals surface area (Å²) in [7, 11) is 0. The number of carbonyl (C=O) groups is 3. The number of fused-ring (bicyclic) bond motifs is 1. The van der Waals surface area contributed by atoms with Crippen LogP contribution in [0.2, 0.25) is 15.1 Å². The molecule has 244 valence electrons. The average Bonchev–Trinajstić information content (AvgIpc) is 3.28. The molecular weight excluding hydrogens is 641 g/mol. The first-order valence-electron chi connectivity index (χ1n) is 15.1. The predicted molar refractivity (Wildman–Crippen MR) is 175 cm³/mol. The molecule has 12 heteroatoms. The van der Waals surface area contributed by atoms with E-state index in [1.165, 1.54) is 16.4 Å². The summed E-state index contributed by atoms with van der Waals surface area (Å²) in [5.74, 6) is -1.70. The summed E-state index contributed by atoms with van der Waals surface area (Å²) in [5.41, 5.74) is 0.175. The Hall–Kier alpha value is -2.82. The molecular formula is C33H40Cl3N3O6. The van der Waals surface area contributed by atoms with Gasteiger partial charge in [-0.2, -0.15) is 0 Å². The Kier molecular flexibility index (Phi) is 11.5. The molecule has 1 saturated carbocycles. The van der Waals surface area contributed by atoms with Crippen LogP contribution in [0.25, 0.3) is 10.9 Å². The van der Waals surface area contributed by atoms with E-state index in [-0.39, 0.29) is 30.5 Å². The van der Waals surface area contributed by atoms with E-state index >= 15 is 0 Å². The largest absolute Gasteiger partial charge is 0.461 e. The molecule has 1 aliphatic rings. The molecule has 1 fully saturated rings. The fraction of sp³-hybridized carbons (Fsp3) is 0.485. The molecule has 3 aromatic rings. The summed E-state index contributed by atoms with van der Waals surface area (Å²) in [6, 6.07) is 8.41. The molecule has 0 saturated heterocycles. The number of carbonyl (C=O) groups excluding carboxylic acids is 3. The summed E-state index contributed by atoms with van der Waals surface area (Å²) in [6.45, 7) is 8.28. The molecule has 1 heterocycles. The minimum atomic E-state index is -1.66. The zero-order chi connectivity index (χ0) is 33.1. The number of aliphatic hydroxyl groups excluding tert-OH is 1. The Morgan fingerprint density at radius 3 is 2.33 bits per heavy atom. The second kappa shape index (κ2) is 14.7. The van der Waals surface area contributed by atoms with Gasteiger partial charge in [0.05, 0.1) is 27.8 Å². The van der Waals surface area contributed by atoms with Crippen molar-refractivity contribution in [1.82, 2.24) is 14.8 Å². The molecule has 0 aliphatic heterocycles. The predicted octanol–water partition coefficient (Wildman–Crippen LogP) is 7.58. The van der Waals surface area contributed by atoms with Crippen LogP contribution in [-0.4, -0.2) is 50.6 Å². The first-order valence-corrected chi connectivity index (χ1v) is 16.2. The molecule has 45 heavy (non-hydrogen) atoms. The van der Waals surface area contributed by atoms with Crippen molar-refractivity contribution in [2.75, 3.05) is 6.61 Å². The van der Waals surface area contributed by atoms with Crippen molar-refractivity contribution >= 4 is 63.5 Å². The number of nitrogens with zero attached hydrogens (tertiary/aromatic N) is 2. The summed E-state index contributed by atoms with van der Waals surface area (Å²) in [6.07, 6.45) is 2.95. The standard InChI is InChI=1S/C33H40Cl3N3O6/c1-6-44-31(42)29-27(23-14-13-21(34)17-26(23)39(29)32(43)45-33(3,4)5)28(30(41)37-22-10-8-7-9-11-22)38(19(2)40)18-20-12-15-24(35)25(36)16-20/h12-17,22,28,32,43H,6-11,18H2,1-5H3,(H,37,41). The molecule has 2 unspecified atom stereocenters. The van der Waals surface area contributed by atoms with Crippen LogP contribution in [0.15, 0.2) is 36.4 Å². The lowest BCUT2D eigenvalue weighted by Crippen LogP contribution is -2.46. The summed E-state index contributed by atoms with van der Waals surface area (Å²) >= 11 is 18.9. The topological polar surface area (TPSA) is 110 Å². The fourth-order valence-electron chi connectivity index (χ4n) is 5.77. The number of ether oxygens (including phenoxy) is 2. The van der Waals surface area contributed by atoms with Gasteiger partial charge in [-0.15, -0.1) is 0 Å². The van der Waals surface area contributed by atoms with Crippen LogP contribution in [-0.2, 0) is 25.6 Å². The van der Waals surface area contributed by atoms with E-state index in [1.807, 2.05) is 0 Å². The SMILES string of the molecule is CCOC(=O)c1c(C(C(=O)NC2CCCCC2)N(Cc2ccc(Cl)c(Cl)c2)C(C)=O)c2ccc(Cl)cc2n1C(O)OC(C)(C)C. The Morgan fingerprint density at radius 1 is 1.04 bits per heavy atom. The molecule has 1 aromatic heterocycles. The molecule has 2 aromatic carbocycles. The van der Waals surface area contributed by atoms with Gasteiger partial charge >= 0.3 is 5.97 Å². The van der Waals surface area contributed by atoms with E-state index < -0.39 is 35.8 Å². The minimum Gasteiger partial charge on any atom is -0.461 e. The third-order valence-electron chi connectivity index (χ3n) is 7.68. The Labute approximate surface area is 278 Å².